The molecule has 0 bridgehead atoms. The first-order valence-corrected chi connectivity index (χ1v) is 14.7. The molecule has 0 saturated heterocycles. The summed E-state index contributed by atoms with van der Waals surface area (Å²) in [7, 11) is 0. The summed E-state index contributed by atoms with van der Waals surface area (Å²) in [5.74, 6) is 0.0874. The van der Waals surface area contributed by atoms with Crippen molar-refractivity contribution >= 4 is 17.9 Å². The number of unbranched alkanes of at least 4 members (excludes halogenated alkanes) is 1. The highest BCUT2D eigenvalue weighted by Gasteiger charge is 2.35. The minimum atomic E-state index is -0.525. The van der Waals surface area contributed by atoms with Crippen LogP contribution in [0.4, 0.5) is 0 Å². The van der Waals surface area contributed by atoms with Gasteiger partial charge in [0.15, 0.2) is 0 Å². The van der Waals surface area contributed by atoms with Gasteiger partial charge in [-0.2, -0.15) is 0 Å². The summed E-state index contributed by atoms with van der Waals surface area (Å²) in [5.41, 5.74) is 1.66. The summed E-state index contributed by atoms with van der Waals surface area (Å²) in [5, 5.41) is 0. The molecule has 0 aromatic heterocycles. The average molecular weight is 589 g/mol. The first kappa shape index (κ1) is 33.4. The van der Waals surface area contributed by atoms with Gasteiger partial charge >= 0.3 is 17.9 Å². The lowest BCUT2D eigenvalue weighted by molar-refractivity contribution is -0.154. The van der Waals surface area contributed by atoms with Gasteiger partial charge in [0.2, 0.25) is 0 Å². The topological polar surface area (TPSA) is 88.1 Å². The normalized spacial score (nSPS) is 12.3. The Morgan fingerprint density at radius 3 is 1.53 bits per heavy atom. The standard InChI is InChI=1S/C36H44O7/c1-25-10-16-29(17-11-25)42-33(38)27-14-20-30(21-15-27)43-32(37)26-12-18-28(19-13-26)40-22-8-9-23-41-34(39)31(36(5,6)7)24-35(2,3)4/h10-21,31H,8-9,22-24H2,1-7H3. The Kier molecular flexibility index (Phi) is 11.5. The zero-order chi connectivity index (χ0) is 31.6. The molecule has 0 N–H and O–H groups in total. The van der Waals surface area contributed by atoms with Crippen LogP contribution in [0.2, 0.25) is 0 Å². The predicted octanol–water partition coefficient (Wildman–Crippen LogP) is 8.23. The lowest BCUT2D eigenvalue weighted by atomic mass is 9.72. The maximum Gasteiger partial charge on any atom is 0.343 e. The largest absolute Gasteiger partial charge is 0.494 e. The van der Waals surface area contributed by atoms with Crippen LogP contribution >= 0.6 is 0 Å². The molecule has 3 aromatic carbocycles. The molecular weight excluding hydrogens is 544 g/mol. The van der Waals surface area contributed by atoms with Crippen LogP contribution in [0.1, 0.15) is 87.1 Å². The zero-order valence-corrected chi connectivity index (χ0v) is 26.4. The molecule has 230 valence electrons. The SMILES string of the molecule is Cc1ccc(OC(=O)c2ccc(OC(=O)c3ccc(OCCCCOC(=O)C(CC(C)(C)C)C(C)(C)C)cc3)cc2)cc1. The Balaban J connectivity index is 1.39. The summed E-state index contributed by atoms with van der Waals surface area (Å²) in [6.07, 6.45) is 2.20. The number of hydrogen-bond donors (Lipinski definition) is 0. The maximum atomic E-state index is 12.7. The van der Waals surface area contributed by atoms with E-state index < -0.39 is 11.9 Å². The van der Waals surface area contributed by atoms with Crippen LogP contribution in [0.3, 0.4) is 0 Å². The molecule has 0 fully saturated rings. The maximum absolute atomic E-state index is 12.7. The molecule has 0 saturated carbocycles. The first-order valence-electron chi connectivity index (χ1n) is 14.7. The molecule has 3 rings (SSSR count). The molecule has 0 aliphatic carbocycles. The predicted molar refractivity (Wildman–Crippen MR) is 167 cm³/mol. The quantitative estimate of drug-likeness (QED) is 0.120. The highest BCUT2D eigenvalue weighted by Crippen LogP contribution is 2.36. The zero-order valence-electron chi connectivity index (χ0n) is 26.4. The molecule has 7 heteroatoms. The first-order chi connectivity index (χ1) is 20.2. The Morgan fingerprint density at radius 2 is 1.07 bits per heavy atom. The van der Waals surface area contributed by atoms with Crippen molar-refractivity contribution in [3.05, 3.63) is 89.5 Å². The molecule has 0 aliphatic heterocycles. The molecule has 1 unspecified atom stereocenters. The van der Waals surface area contributed by atoms with Gasteiger partial charge in [-0.25, -0.2) is 9.59 Å². The number of ether oxygens (including phenoxy) is 4. The van der Waals surface area contributed by atoms with Crippen LogP contribution in [-0.2, 0) is 9.53 Å². The van der Waals surface area contributed by atoms with E-state index in [0.29, 0.717) is 48.0 Å². The van der Waals surface area contributed by atoms with Gasteiger partial charge in [-0.1, -0.05) is 59.2 Å². The van der Waals surface area contributed by atoms with E-state index in [1.54, 1.807) is 60.7 Å². The highest BCUT2D eigenvalue weighted by atomic mass is 16.5. The van der Waals surface area contributed by atoms with Crippen molar-refractivity contribution in [1.29, 1.82) is 0 Å². The van der Waals surface area contributed by atoms with Gasteiger partial charge in [0.1, 0.15) is 17.2 Å². The van der Waals surface area contributed by atoms with Crippen LogP contribution in [-0.4, -0.2) is 31.1 Å². The smallest absolute Gasteiger partial charge is 0.343 e. The third-order valence-electron chi connectivity index (χ3n) is 6.82. The van der Waals surface area contributed by atoms with Crippen LogP contribution in [0.15, 0.2) is 72.8 Å². The monoisotopic (exact) mass is 588 g/mol. The highest BCUT2D eigenvalue weighted by molar-refractivity contribution is 5.92. The molecule has 7 nitrogen and oxygen atoms in total. The summed E-state index contributed by atoms with van der Waals surface area (Å²) < 4.78 is 22.2. The number of carbonyl (C=O) groups excluding carboxylic acids is 3. The van der Waals surface area contributed by atoms with Crippen LogP contribution in [0.25, 0.3) is 0 Å². The van der Waals surface area contributed by atoms with Crippen molar-refractivity contribution in [2.75, 3.05) is 13.2 Å². The molecule has 0 spiro atoms. The van der Waals surface area contributed by atoms with E-state index in [4.69, 9.17) is 18.9 Å². The van der Waals surface area contributed by atoms with E-state index in [0.717, 1.165) is 18.4 Å². The Labute approximate surface area is 255 Å². The van der Waals surface area contributed by atoms with Crippen molar-refractivity contribution in [3.8, 4) is 17.2 Å². The van der Waals surface area contributed by atoms with Gasteiger partial charge in [0.05, 0.1) is 30.3 Å². The van der Waals surface area contributed by atoms with Gasteiger partial charge in [0.25, 0.3) is 0 Å². The Morgan fingerprint density at radius 1 is 0.628 bits per heavy atom. The number of benzene rings is 3. The van der Waals surface area contributed by atoms with E-state index in [-0.39, 0.29) is 22.7 Å². The van der Waals surface area contributed by atoms with Gasteiger partial charge in [0, 0.05) is 0 Å². The van der Waals surface area contributed by atoms with Crippen LogP contribution in [0, 0.1) is 23.7 Å². The van der Waals surface area contributed by atoms with E-state index in [2.05, 4.69) is 41.5 Å². The third-order valence-corrected chi connectivity index (χ3v) is 6.82. The molecule has 0 aliphatic rings. The third kappa shape index (κ3) is 11.2. The summed E-state index contributed by atoms with van der Waals surface area (Å²) in [4.78, 5) is 37.7. The second kappa shape index (κ2) is 14.9. The number of aryl methyl sites for hydroxylation is 1. The minimum absolute atomic E-state index is 0.0440. The molecule has 0 amide bonds. The molecule has 3 aromatic rings. The van der Waals surface area contributed by atoms with E-state index in [1.807, 2.05) is 19.1 Å². The molecule has 0 heterocycles. The summed E-state index contributed by atoms with van der Waals surface area (Å²) in [6, 6.07) is 20.1. The van der Waals surface area contributed by atoms with Gasteiger partial charge < -0.3 is 18.9 Å². The van der Waals surface area contributed by atoms with Crippen molar-refractivity contribution in [2.24, 2.45) is 16.7 Å². The van der Waals surface area contributed by atoms with Crippen molar-refractivity contribution < 1.29 is 33.3 Å². The molecule has 0 radical (unpaired) electrons. The van der Waals surface area contributed by atoms with Crippen molar-refractivity contribution in [2.45, 2.75) is 67.7 Å². The molecule has 43 heavy (non-hydrogen) atoms. The Hall–Kier alpha value is -4.13. The van der Waals surface area contributed by atoms with Gasteiger partial charge in [-0.05, 0) is 97.7 Å². The summed E-state index contributed by atoms with van der Waals surface area (Å²) in [6.45, 7) is 15.4. The fourth-order valence-electron chi connectivity index (χ4n) is 4.31. The molecular formula is C36H44O7. The Bertz CT molecular complexity index is 1340. The van der Waals surface area contributed by atoms with Gasteiger partial charge in [-0.15, -0.1) is 0 Å². The number of hydrogen-bond acceptors (Lipinski definition) is 7. The fourth-order valence-corrected chi connectivity index (χ4v) is 4.31. The van der Waals surface area contributed by atoms with E-state index >= 15 is 0 Å². The number of carbonyl (C=O) groups is 3. The van der Waals surface area contributed by atoms with Gasteiger partial charge in [-0.3, -0.25) is 4.79 Å². The van der Waals surface area contributed by atoms with E-state index in [1.165, 1.54) is 0 Å². The molecule has 1 atom stereocenters. The average Bonchev–Trinajstić information content (AvgIpc) is 2.94. The van der Waals surface area contributed by atoms with Crippen molar-refractivity contribution in [1.82, 2.24) is 0 Å². The van der Waals surface area contributed by atoms with E-state index in [9.17, 15) is 14.4 Å². The van der Waals surface area contributed by atoms with Crippen LogP contribution in [0.5, 0.6) is 17.2 Å². The number of rotatable bonds is 12. The van der Waals surface area contributed by atoms with Crippen LogP contribution < -0.4 is 14.2 Å². The lowest BCUT2D eigenvalue weighted by Crippen LogP contribution is -2.33. The second-order valence-electron chi connectivity index (χ2n) is 13.0. The lowest BCUT2D eigenvalue weighted by Gasteiger charge is -2.33. The minimum Gasteiger partial charge on any atom is -0.494 e. The second-order valence-corrected chi connectivity index (χ2v) is 13.0. The van der Waals surface area contributed by atoms with Crippen molar-refractivity contribution in [3.63, 3.8) is 0 Å². The fraction of sp³-hybridized carbons (Fsp3) is 0.417. The summed E-state index contributed by atoms with van der Waals surface area (Å²) >= 11 is 0. The number of esters is 3.